The summed E-state index contributed by atoms with van der Waals surface area (Å²) < 4.78 is 31.5. The van der Waals surface area contributed by atoms with Crippen LogP contribution in [0, 0.1) is 10.1 Å². The van der Waals surface area contributed by atoms with Gasteiger partial charge in [0.25, 0.3) is 21.6 Å². The van der Waals surface area contributed by atoms with Gasteiger partial charge in [0.05, 0.1) is 16.2 Å². The van der Waals surface area contributed by atoms with Crippen LogP contribution in [-0.4, -0.2) is 54.9 Å². The third kappa shape index (κ3) is 4.59. The highest BCUT2D eigenvalue weighted by molar-refractivity contribution is 7.90. The van der Waals surface area contributed by atoms with Gasteiger partial charge in [0.2, 0.25) is 0 Å². The van der Waals surface area contributed by atoms with Crippen molar-refractivity contribution in [2.75, 3.05) is 24.2 Å². The zero-order valence-electron chi connectivity index (χ0n) is 14.3. The summed E-state index contributed by atoms with van der Waals surface area (Å²) in [5.74, 6) is -1.34. The second kappa shape index (κ2) is 7.60. The van der Waals surface area contributed by atoms with E-state index in [-0.39, 0.29) is 29.4 Å². The smallest absolute Gasteiger partial charge is 0.340 e. The lowest BCUT2D eigenvalue weighted by molar-refractivity contribution is -0.384. The standard InChI is InChI=1S/C16H14N4O7S/c21-15(17-12-2-4-13(5-3-12)20(23)24)10-27-16(22)11-1-6-14-18-28(25,26)8-7-19(14)9-11/h1-6,9H,7-8,10H2,(H,17,21). The Morgan fingerprint density at radius 1 is 1.25 bits per heavy atom. The van der Waals surface area contributed by atoms with Crippen molar-refractivity contribution in [3.8, 4) is 0 Å². The molecular weight excluding hydrogens is 392 g/mol. The van der Waals surface area contributed by atoms with Crippen LogP contribution >= 0.6 is 0 Å². The van der Waals surface area contributed by atoms with E-state index in [0.29, 0.717) is 5.69 Å². The molecule has 0 aromatic heterocycles. The van der Waals surface area contributed by atoms with Crippen molar-refractivity contribution in [2.45, 2.75) is 0 Å². The molecule has 3 rings (SSSR count). The molecule has 0 radical (unpaired) electrons. The molecule has 0 saturated heterocycles. The number of sulfonamides is 1. The number of amides is 1. The summed E-state index contributed by atoms with van der Waals surface area (Å²) in [4.78, 5) is 35.5. The molecule has 1 N–H and O–H groups in total. The number of rotatable bonds is 5. The third-order valence-corrected chi connectivity index (χ3v) is 4.92. The van der Waals surface area contributed by atoms with Gasteiger partial charge in [0.15, 0.2) is 6.61 Å². The first-order valence-electron chi connectivity index (χ1n) is 7.94. The molecule has 1 aromatic carbocycles. The molecule has 1 aromatic rings. The molecule has 12 heteroatoms. The molecule has 0 saturated carbocycles. The number of anilines is 1. The van der Waals surface area contributed by atoms with E-state index in [4.69, 9.17) is 4.74 Å². The van der Waals surface area contributed by atoms with E-state index in [1.54, 1.807) is 0 Å². The van der Waals surface area contributed by atoms with Crippen LogP contribution < -0.4 is 5.32 Å². The fourth-order valence-electron chi connectivity index (χ4n) is 2.40. The molecular formula is C16H14N4O7S. The molecule has 28 heavy (non-hydrogen) atoms. The van der Waals surface area contributed by atoms with Crippen molar-refractivity contribution in [3.63, 3.8) is 0 Å². The number of benzene rings is 1. The van der Waals surface area contributed by atoms with Gasteiger partial charge in [0.1, 0.15) is 5.84 Å². The summed E-state index contributed by atoms with van der Waals surface area (Å²) in [5, 5.41) is 13.0. The van der Waals surface area contributed by atoms with Crippen LogP contribution in [0.5, 0.6) is 0 Å². The Balaban J connectivity index is 1.54. The number of ether oxygens (including phenoxy) is 1. The molecule has 2 heterocycles. The summed E-state index contributed by atoms with van der Waals surface area (Å²) in [6.07, 6.45) is 4.14. The lowest BCUT2D eigenvalue weighted by atomic mass is 10.2. The quantitative estimate of drug-likeness (QED) is 0.424. The monoisotopic (exact) mass is 406 g/mol. The van der Waals surface area contributed by atoms with Gasteiger partial charge in [-0.25, -0.2) is 13.2 Å². The van der Waals surface area contributed by atoms with Gasteiger partial charge in [-0.2, -0.15) is 0 Å². The predicted molar refractivity (Wildman–Crippen MR) is 97.8 cm³/mol. The fourth-order valence-corrected chi connectivity index (χ4v) is 3.37. The Hall–Kier alpha value is -3.54. The van der Waals surface area contributed by atoms with Crippen molar-refractivity contribution in [2.24, 2.45) is 4.40 Å². The fraction of sp³-hybridized carbons (Fsp3) is 0.188. The zero-order chi connectivity index (χ0) is 20.3. The van der Waals surface area contributed by atoms with Crippen LogP contribution in [0.3, 0.4) is 0 Å². The van der Waals surface area contributed by atoms with Crippen molar-refractivity contribution in [1.29, 1.82) is 0 Å². The molecule has 0 atom stereocenters. The number of hydrogen-bond donors (Lipinski definition) is 1. The number of nitro benzene ring substituents is 1. The van der Waals surface area contributed by atoms with E-state index in [1.807, 2.05) is 0 Å². The highest BCUT2D eigenvalue weighted by atomic mass is 32.2. The Morgan fingerprint density at radius 2 is 1.96 bits per heavy atom. The SMILES string of the molecule is O=C(COC(=O)C1=CN2CCS(=O)(=O)N=C2C=C1)Nc1ccc([N+](=O)[O-])cc1. The summed E-state index contributed by atoms with van der Waals surface area (Å²) in [6.45, 7) is -0.404. The number of hydrogen-bond acceptors (Lipinski definition) is 8. The van der Waals surface area contributed by atoms with Crippen LogP contribution in [0.4, 0.5) is 11.4 Å². The maximum Gasteiger partial charge on any atom is 0.340 e. The number of nitrogens with one attached hydrogen (secondary N) is 1. The number of esters is 1. The average molecular weight is 406 g/mol. The number of carbonyl (C=O) groups excluding carboxylic acids is 2. The number of nitrogens with zero attached hydrogens (tertiary/aromatic N) is 3. The number of nitro groups is 1. The Morgan fingerprint density at radius 3 is 2.64 bits per heavy atom. The normalized spacial score (nSPS) is 17.1. The van der Waals surface area contributed by atoms with Crippen LogP contribution in [-0.2, 0) is 24.3 Å². The molecule has 0 aliphatic carbocycles. The van der Waals surface area contributed by atoms with Crippen LogP contribution in [0.2, 0.25) is 0 Å². The minimum atomic E-state index is -3.49. The molecule has 0 fully saturated rings. The summed E-state index contributed by atoms with van der Waals surface area (Å²) in [6, 6.07) is 5.18. The first kappa shape index (κ1) is 19.2. The van der Waals surface area contributed by atoms with Crippen LogP contribution in [0.25, 0.3) is 0 Å². The van der Waals surface area contributed by atoms with E-state index in [0.717, 1.165) is 0 Å². The Bertz CT molecular complexity index is 1030. The molecule has 2 aliphatic rings. The lowest BCUT2D eigenvalue weighted by Crippen LogP contribution is -2.37. The molecule has 0 spiro atoms. The maximum atomic E-state index is 12.1. The van der Waals surface area contributed by atoms with Gasteiger partial charge in [-0.15, -0.1) is 4.40 Å². The second-order valence-corrected chi connectivity index (χ2v) is 7.53. The van der Waals surface area contributed by atoms with Crippen LogP contribution in [0.15, 0.2) is 52.6 Å². The van der Waals surface area contributed by atoms with E-state index in [2.05, 4.69) is 9.71 Å². The van der Waals surface area contributed by atoms with Crippen molar-refractivity contribution in [1.82, 2.24) is 4.90 Å². The minimum Gasteiger partial charge on any atom is -0.452 e. The number of fused-ring (bicyclic) bond motifs is 1. The van der Waals surface area contributed by atoms with Crippen molar-refractivity contribution in [3.05, 3.63) is 58.3 Å². The molecule has 0 unspecified atom stereocenters. The second-order valence-electron chi connectivity index (χ2n) is 5.77. The molecule has 146 valence electrons. The van der Waals surface area contributed by atoms with Crippen molar-refractivity contribution >= 4 is 39.1 Å². The summed E-state index contributed by atoms with van der Waals surface area (Å²) in [5.41, 5.74) is 0.342. The van der Waals surface area contributed by atoms with Gasteiger partial charge in [0, 0.05) is 30.6 Å². The first-order valence-corrected chi connectivity index (χ1v) is 9.55. The van der Waals surface area contributed by atoms with E-state index >= 15 is 0 Å². The third-order valence-electron chi connectivity index (χ3n) is 3.76. The molecule has 1 amide bonds. The van der Waals surface area contributed by atoms with Gasteiger partial charge >= 0.3 is 5.97 Å². The van der Waals surface area contributed by atoms with Gasteiger partial charge < -0.3 is 15.0 Å². The average Bonchev–Trinajstić information content (AvgIpc) is 2.65. The largest absolute Gasteiger partial charge is 0.452 e. The highest BCUT2D eigenvalue weighted by Gasteiger charge is 2.25. The van der Waals surface area contributed by atoms with Crippen molar-refractivity contribution < 1.29 is 27.7 Å². The van der Waals surface area contributed by atoms with E-state index in [9.17, 15) is 28.1 Å². The Kier molecular flexibility index (Phi) is 5.22. The lowest BCUT2D eigenvalue weighted by Gasteiger charge is -2.26. The highest BCUT2D eigenvalue weighted by Crippen LogP contribution is 2.17. The summed E-state index contributed by atoms with van der Waals surface area (Å²) in [7, 11) is -3.49. The Labute approximate surface area is 159 Å². The van der Waals surface area contributed by atoms with Gasteiger partial charge in [-0.3, -0.25) is 14.9 Å². The van der Waals surface area contributed by atoms with Crippen LogP contribution in [0.1, 0.15) is 0 Å². The summed E-state index contributed by atoms with van der Waals surface area (Å²) >= 11 is 0. The molecule has 11 nitrogen and oxygen atoms in total. The zero-order valence-corrected chi connectivity index (χ0v) is 15.1. The molecule has 2 aliphatic heterocycles. The predicted octanol–water partition coefficient (Wildman–Crippen LogP) is 0.574. The maximum absolute atomic E-state index is 12.1. The first-order chi connectivity index (χ1) is 13.2. The van der Waals surface area contributed by atoms with Gasteiger partial charge in [-0.1, -0.05) is 0 Å². The molecule has 0 bridgehead atoms. The van der Waals surface area contributed by atoms with E-state index in [1.165, 1.54) is 47.5 Å². The van der Waals surface area contributed by atoms with E-state index < -0.39 is 33.4 Å². The number of amidine groups is 1. The minimum absolute atomic E-state index is 0.117. The number of carbonyl (C=O) groups is 2. The number of non-ortho nitro benzene ring substituents is 1. The van der Waals surface area contributed by atoms with Gasteiger partial charge in [-0.05, 0) is 24.3 Å². The topological polar surface area (TPSA) is 148 Å².